The molecule has 0 amide bonds. The summed E-state index contributed by atoms with van der Waals surface area (Å²) < 4.78 is 39.1. The fraction of sp³-hybridized carbons (Fsp3) is 0.538. The van der Waals surface area contributed by atoms with E-state index in [-0.39, 0.29) is 13.0 Å². The van der Waals surface area contributed by atoms with E-state index in [1.165, 1.54) is 0 Å². The number of alkyl halides is 3. The van der Waals surface area contributed by atoms with Crippen LogP contribution in [0.2, 0.25) is 0 Å². The average molecular weight is 337 g/mol. The lowest BCUT2D eigenvalue weighted by atomic mass is 9.97. The van der Waals surface area contributed by atoms with Crippen molar-refractivity contribution < 1.29 is 13.2 Å². The summed E-state index contributed by atoms with van der Waals surface area (Å²) in [5, 5.41) is 0. The van der Waals surface area contributed by atoms with Gasteiger partial charge in [0.05, 0.1) is 5.92 Å². The van der Waals surface area contributed by atoms with Gasteiger partial charge in [-0.3, -0.25) is 4.90 Å². The van der Waals surface area contributed by atoms with Crippen molar-refractivity contribution in [2.75, 3.05) is 18.8 Å². The fourth-order valence-corrected chi connectivity index (χ4v) is 2.80. The number of hydrogen-bond acceptors (Lipinski definition) is 2. The fourth-order valence-electron chi connectivity index (χ4n) is 2.42. The number of piperidine rings is 1. The molecule has 1 aliphatic heterocycles. The van der Waals surface area contributed by atoms with Crippen LogP contribution in [0, 0.1) is 5.92 Å². The molecule has 1 aromatic rings. The molecule has 2 N–H and O–H groups in total. The van der Waals surface area contributed by atoms with Gasteiger partial charge in [-0.2, -0.15) is 13.2 Å². The summed E-state index contributed by atoms with van der Waals surface area (Å²) in [6.45, 7) is 1.27. The number of hydrogen-bond donors (Lipinski definition) is 1. The average Bonchev–Trinajstić information content (AvgIpc) is 2.33. The van der Waals surface area contributed by atoms with Crippen molar-refractivity contribution >= 4 is 21.6 Å². The lowest BCUT2D eigenvalue weighted by Gasteiger charge is -2.33. The van der Waals surface area contributed by atoms with Gasteiger partial charge in [-0.05, 0) is 43.1 Å². The van der Waals surface area contributed by atoms with Gasteiger partial charge in [-0.25, -0.2) is 0 Å². The predicted molar refractivity (Wildman–Crippen MR) is 72.6 cm³/mol. The van der Waals surface area contributed by atoms with Crippen LogP contribution in [0.25, 0.3) is 0 Å². The van der Waals surface area contributed by atoms with E-state index in [0.29, 0.717) is 25.2 Å². The summed E-state index contributed by atoms with van der Waals surface area (Å²) in [6.07, 6.45) is -3.27. The molecule has 0 aliphatic carbocycles. The minimum absolute atomic E-state index is 0.0741. The highest BCUT2D eigenvalue weighted by Gasteiger charge is 2.41. The van der Waals surface area contributed by atoms with Gasteiger partial charge < -0.3 is 5.73 Å². The molecule has 0 spiro atoms. The van der Waals surface area contributed by atoms with E-state index in [2.05, 4.69) is 15.9 Å². The van der Waals surface area contributed by atoms with Gasteiger partial charge >= 0.3 is 6.18 Å². The molecule has 1 aliphatic rings. The molecule has 0 aromatic heterocycles. The number of nitrogens with zero attached hydrogens (tertiary/aromatic N) is 1. The van der Waals surface area contributed by atoms with Gasteiger partial charge in [-0.15, -0.1) is 0 Å². The third-order valence-electron chi connectivity index (χ3n) is 3.43. The molecule has 0 saturated carbocycles. The Kier molecular flexibility index (Phi) is 4.40. The molecule has 1 aromatic carbocycles. The summed E-state index contributed by atoms with van der Waals surface area (Å²) in [5.41, 5.74) is 7.27. The number of rotatable bonds is 2. The van der Waals surface area contributed by atoms with Crippen LogP contribution in [-0.4, -0.2) is 24.2 Å². The molecular weight excluding hydrogens is 321 g/mol. The Morgan fingerprint density at radius 2 is 2.11 bits per heavy atom. The van der Waals surface area contributed by atoms with Gasteiger partial charge in [-0.1, -0.05) is 15.9 Å². The molecule has 2 nitrogen and oxygen atoms in total. The van der Waals surface area contributed by atoms with Crippen LogP contribution >= 0.6 is 15.9 Å². The first-order chi connectivity index (χ1) is 8.86. The Hall–Kier alpha value is -0.750. The van der Waals surface area contributed by atoms with Crippen molar-refractivity contribution in [2.45, 2.75) is 25.6 Å². The second-order valence-corrected chi connectivity index (χ2v) is 5.82. The highest BCUT2D eigenvalue weighted by molar-refractivity contribution is 9.10. The minimum Gasteiger partial charge on any atom is -0.399 e. The van der Waals surface area contributed by atoms with E-state index in [1.54, 1.807) is 12.1 Å². The Labute approximate surface area is 118 Å². The molecule has 0 bridgehead atoms. The molecule has 1 atom stereocenters. The number of benzene rings is 1. The van der Waals surface area contributed by atoms with E-state index >= 15 is 0 Å². The number of halogens is 4. The molecule has 0 radical (unpaired) electrons. The van der Waals surface area contributed by atoms with Crippen molar-refractivity contribution in [2.24, 2.45) is 5.92 Å². The van der Waals surface area contributed by atoms with Crippen LogP contribution in [-0.2, 0) is 6.54 Å². The summed E-state index contributed by atoms with van der Waals surface area (Å²) in [6, 6.07) is 5.40. The largest absolute Gasteiger partial charge is 0.399 e. The van der Waals surface area contributed by atoms with Crippen LogP contribution in [0.4, 0.5) is 18.9 Å². The molecule has 106 valence electrons. The van der Waals surface area contributed by atoms with Crippen LogP contribution in [0.15, 0.2) is 22.7 Å². The van der Waals surface area contributed by atoms with Crippen molar-refractivity contribution in [1.82, 2.24) is 4.90 Å². The molecule has 1 heterocycles. The van der Waals surface area contributed by atoms with Gasteiger partial charge in [0.15, 0.2) is 0 Å². The Balaban J connectivity index is 2.05. The molecule has 19 heavy (non-hydrogen) atoms. The molecule has 1 saturated heterocycles. The third-order valence-corrected chi connectivity index (χ3v) is 4.21. The quantitative estimate of drug-likeness (QED) is 0.832. The zero-order chi connectivity index (χ0) is 14.0. The van der Waals surface area contributed by atoms with Crippen LogP contribution in [0.1, 0.15) is 18.4 Å². The standard InChI is InChI=1S/C13H16BrF3N2/c14-12-4-3-11(18)6-9(12)7-19-5-1-2-10(8-19)13(15,16)17/h3-4,6,10H,1-2,5,7-8,18H2. The smallest absolute Gasteiger partial charge is 0.393 e. The monoisotopic (exact) mass is 336 g/mol. The number of likely N-dealkylation sites (tertiary alicyclic amines) is 1. The molecule has 1 unspecified atom stereocenters. The lowest BCUT2D eigenvalue weighted by molar-refractivity contribution is -0.187. The summed E-state index contributed by atoms with van der Waals surface area (Å²) in [4.78, 5) is 1.85. The highest BCUT2D eigenvalue weighted by Crippen LogP contribution is 2.34. The van der Waals surface area contributed by atoms with E-state index in [0.717, 1.165) is 10.0 Å². The van der Waals surface area contributed by atoms with Crippen LogP contribution in [0.3, 0.4) is 0 Å². The maximum atomic E-state index is 12.7. The molecule has 6 heteroatoms. The summed E-state index contributed by atoms with van der Waals surface area (Å²) in [5.74, 6) is -1.21. The van der Waals surface area contributed by atoms with Gasteiger partial charge in [0.25, 0.3) is 0 Å². The molecule has 2 rings (SSSR count). The molecular formula is C13H16BrF3N2. The van der Waals surface area contributed by atoms with Crippen molar-refractivity contribution in [1.29, 1.82) is 0 Å². The van der Waals surface area contributed by atoms with Gasteiger partial charge in [0.2, 0.25) is 0 Å². The second kappa shape index (κ2) is 5.71. The molecule has 1 fully saturated rings. The Bertz CT molecular complexity index is 448. The third kappa shape index (κ3) is 3.86. The Morgan fingerprint density at radius 1 is 1.37 bits per heavy atom. The maximum Gasteiger partial charge on any atom is 0.393 e. The van der Waals surface area contributed by atoms with Crippen LogP contribution in [0.5, 0.6) is 0 Å². The normalized spacial score (nSPS) is 21.6. The predicted octanol–water partition coefficient (Wildman–Crippen LogP) is 3.81. The zero-order valence-electron chi connectivity index (χ0n) is 10.4. The number of nitrogen functional groups attached to an aromatic ring is 1. The Morgan fingerprint density at radius 3 is 2.79 bits per heavy atom. The van der Waals surface area contributed by atoms with Gasteiger partial charge in [0.1, 0.15) is 0 Å². The maximum absolute atomic E-state index is 12.7. The topological polar surface area (TPSA) is 29.3 Å². The highest BCUT2D eigenvalue weighted by atomic mass is 79.9. The lowest BCUT2D eigenvalue weighted by Crippen LogP contribution is -2.41. The summed E-state index contributed by atoms with van der Waals surface area (Å²) >= 11 is 3.41. The SMILES string of the molecule is Nc1ccc(Br)c(CN2CCCC(C(F)(F)F)C2)c1. The first-order valence-corrected chi connectivity index (χ1v) is 6.98. The van der Waals surface area contributed by atoms with Crippen molar-refractivity contribution in [3.63, 3.8) is 0 Å². The first-order valence-electron chi connectivity index (χ1n) is 6.19. The zero-order valence-corrected chi connectivity index (χ0v) is 12.0. The first kappa shape index (κ1) is 14.7. The van der Waals surface area contributed by atoms with Gasteiger partial charge in [0, 0.05) is 23.2 Å². The summed E-state index contributed by atoms with van der Waals surface area (Å²) in [7, 11) is 0. The van der Waals surface area contributed by atoms with Crippen molar-refractivity contribution in [3.05, 3.63) is 28.2 Å². The second-order valence-electron chi connectivity index (χ2n) is 4.97. The van der Waals surface area contributed by atoms with Crippen LogP contribution < -0.4 is 5.73 Å². The minimum atomic E-state index is -4.09. The van der Waals surface area contributed by atoms with Crippen molar-refractivity contribution in [3.8, 4) is 0 Å². The van der Waals surface area contributed by atoms with E-state index in [1.807, 2.05) is 11.0 Å². The van der Waals surface area contributed by atoms with E-state index < -0.39 is 12.1 Å². The number of nitrogens with two attached hydrogens (primary N) is 1. The number of anilines is 1. The van der Waals surface area contributed by atoms with E-state index in [9.17, 15) is 13.2 Å². The van der Waals surface area contributed by atoms with E-state index in [4.69, 9.17) is 5.73 Å².